The van der Waals surface area contributed by atoms with Crippen molar-refractivity contribution in [2.24, 2.45) is 0 Å². The first kappa shape index (κ1) is 23.1. The molecule has 0 aliphatic carbocycles. The normalized spacial score (nSPS) is 11.8. The number of nitrogens with one attached hydrogen (secondary N) is 1. The zero-order valence-corrected chi connectivity index (χ0v) is 20.3. The number of hydrogen-bond donors (Lipinski definition) is 1. The van der Waals surface area contributed by atoms with Gasteiger partial charge in [-0.15, -0.1) is 0 Å². The third-order valence-corrected chi connectivity index (χ3v) is 8.40. The molecule has 0 aliphatic heterocycles. The Morgan fingerprint density at radius 1 is 1.00 bits per heavy atom. The number of carbonyl (C=O) groups is 1. The minimum absolute atomic E-state index is 0.155. The number of anilines is 1. The number of benzene rings is 3. The molecule has 0 bridgehead atoms. The number of aryl methyl sites for hydroxylation is 2. The Morgan fingerprint density at radius 3 is 2.33 bits per heavy atom. The van der Waals surface area contributed by atoms with E-state index >= 15 is 0 Å². The second-order valence-electron chi connectivity index (χ2n) is 7.82. The summed E-state index contributed by atoms with van der Waals surface area (Å²) in [4.78, 5) is 17.4. The molecule has 0 saturated heterocycles. The Balaban J connectivity index is 1.50. The maximum atomic E-state index is 13.1. The third-order valence-electron chi connectivity index (χ3n) is 5.53. The average molecular weight is 480 g/mol. The first-order chi connectivity index (χ1) is 15.8. The van der Waals surface area contributed by atoms with Gasteiger partial charge in [0.1, 0.15) is 0 Å². The van der Waals surface area contributed by atoms with Crippen LogP contribution in [0.4, 0.5) is 5.13 Å². The molecule has 0 fully saturated rings. The Kier molecular flexibility index (Phi) is 6.60. The minimum atomic E-state index is -3.68. The number of thiazole rings is 1. The van der Waals surface area contributed by atoms with Crippen LogP contribution in [0.1, 0.15) is 34.0 Å². The lowest BCUT2D eigenvalue weighted by molar-refractivity contribution is 0.102. The molecule has 6 nitrogen and oxygen atoms in total. The van der Waals surface area contributed by atoms with E-state index in [1.54, 1.807) is 0 Å². The van der Waals surface area contributed by atoms with Gasteiger partial charge in [-0.3, -0.25) is 10.1 Å². The van der Waals surface area contributed by atoms with Gasteiger partial charge in [0.25, 0.3) is 5.91 Å². The maximum Gasteiger partial charge on any atom is 0.257 e. The molecule has 0 radical (unpaired) electrons. The molecule has 170 valence electrons. The molecule has 1 N–H and O–H groups in total. The highest BCUT2D eigenvalue weighted by Crippen LogP contribution is 2.29. The van der Waals surface area contributed by atoms with Crippen molar-refractivity contribution in [2.75, 3.05) is 11.9 Å². The fourth-order valence-corrected chi connectivity index (χ4v) is 5.86. The predicted octanol–water partition coefficient (Wildman–Crippen LogP) is 5.38. The van der Waals surface area contributed by atoms with Crippen LogP contribution in [0.3, 0.4) is 0 Å². The van der Waals surface area contributed by atoms with Gasteiger partial charge in [-0.25, -0.2) is 13.4 Å². The van der Waals surface area contributed by atoms with E-state index in [0.29, 0.717) is 23.8 Å². The molecule has 1 aromatic heterocycles. The third kappa shape index (κ3) is 4.98. The van der Waals surface area contributed by atoms with Crippen LogP contribution in [0.5, 0.6) is 0 Å². The van der Waals surface area contributed by atoms with E-state index in [4.69, 9.17) is 0 Å². The van der Waals surface area contributed by atoms with Gasteiger partial charge in [0.2, 0.25) is 10.0 Å². The van der Waals surface area contributed by atoms with Crippen LogP contribution in [0.15, 0.2) is 71.6 Å². The molecule has 33 heavy (non-hydrogen) atoms. The number of aromatic nitrogens is 1. The molecular weight excluding hydrogens is 454 g/mol. The summed E-state index contributed by atoms with van der Waals surface area (Å²) in [6.45, 7) is 6.52. The van der Waals surface area contributed by atoms with E-state index in [9.17, 15) is 13.2 Å². The fourth-order valence-electron chi connectivity index (χ4n) is 3.48. The zero-order valence-electron chi connectivity index (χ0n) is 18.7. The first-order valence-corrected chi connectivity index (χ1v) is 12.9. The molecule has 0 spiro atoms. The zero-order chi connectivity index (χ0) is 23.6. The second kappa shape index (κ2) is 9.43. The maximum absolute atomic E-state index is 13.1. The lowest BCUT2D eigenvalue weighted by Crippen LogP contribution is -2.30. The quantitative estimate of drug-likeness (QED) is 0.386. The molecule has 4 rings (SSSR count). The summed E-state index contributed by atoms with van der Waals surface area (Å²) in [5.74, 6) is -0.330. The van der Waals surface area contributed by atoms with Crippen molar-refractivity contribution in [2.45, 2.75) is 32.2 Å². The summed E-state index contributed by atoms with van der Waals surface area (Å²) in [7, 11) is -3.68. The molecule has 0 unspecified atom stereocenters. The van der Waals surface area contributed by atoms with Crippen molar-refractivity contribution < 1.29 is 13.2 Å². The second-order valence-corrected chi connectivity index (χ2v) is 10.8. The lowest BCUT2D eigenvalue weighted by Gasteiger charge is -2.20. The van der Waals surface area contributed by atoms with Crippen LogP contribution in [0.2, 0.25) is 0 Å². The largest absolute Gasteiger partial charge is 0.298 e. The van der Waals surface area contributed by atoms with Crippen LogP contribution in [0, 0.1) is 13.8 Å². The van der Waals surface area contributed by atoms with Crippen molar-refractivity contribution in [3.8, 4) is 0 Å². The van der Waals surface area contributed by atoms with Crippen molar-refractivity contribution in [3.63, 3.8) is 0 Å². The van der Waals surface area contributed by atoms with Crippen molar-refractivity contribution >= 4 is 42.6 Å². The van der Waals surface area contributed by atoms with Crippen LogP contribution in [0.25, 0.3) is 10.2 Å². The molecule has 1 heterocycles. The summed E-state index contributed by atoms with van der Waals surface area (Å²) in [5, 5.41) is 3.33. The molecular formula is C25H25N3O3S2. The van der Waals surface area contributed by atoms with Crippen LogP contribution in [-0.2, 0) is 16.6 Å². The Labute approximate surface area is 198 Å². The SMILES string of the molecule is CCN(Cc1ccccc1)S(=O)(=O)c1ccc(C(=O)Nc2nc3cc(C)c(C)cc3s2)cc1. The molecule has 4 aromatic rings. The van der Waals surface area contributed by atoms with Gasteiger partial charge < -0.3 is 0 Å². The minimum Gasteiger partial charge on any atom is -0.298 e. The molecule has 1 amide bonds. The van der Waals surface area contributed by atoms with E-state index in [1.807, 2.05) is 57.2 Å². The summed E-state index contributed by atoms with van der Waals surface area (Å²) in [5.41, 5.74) is 4.45. The van der Waals surface area contributed by atoms with Crippen molar-refractivity contribution in [1.82, 2.24) is 9.29 Å². The molecule has 0 atom stereocenters. The average Bonchev–Trinajstić information content (AvgIpc) is 3.19. The summed E-state index contributed by atoms with van der Waals surface area (Å²) < 4.78 is 28.6. The van der Waals surface area contributed by atoms with E-state index in [0.717, 1.165) is 21.3 Å². The Bertz CT molecular complexity index is 1360. The number of amides is 1. The van der Waals surface area contributed by atoms with Gasteiger partial charge >= 0.3 is 0 Å². The van der Waals surface area contributed by atoms with Crippen LogP contribution < -0.4 is 5.32 Å². The number of fused-ring (bicyclic) bond motifs is 1. The van der Waals surface area contributed by atoms with E-state index in [-0.39, 0.29) is 10.8 Å². The van der Waals surface area contributed by atoms with E-state index in [1.165, 1.54) is 45.5 Å². The van der Waals surface area contributed by atoms with E-state index in [2.05, 4.69) is 16.4 Å². The topological polar surface area (TPSA) is 79.4 Å². The number of rotatable bonds is 7. The number of hydrogen-bond acceptors (Lipinski definition) is 5. The van der Waals surface area contributed by atoms with Crippen LogP contribution >= 0.6 is 11.3 Å². The van der Waals surface area contributed by atoms with E-state index < -0.39 is 10.0 Å². The number of carbonyl (C=O) groups excluding carboxylic acids is 1. The monoisotopic (exact) mass is 479 g/mol. The van der Waals surface area contributed by atoms with Gasteiger partial charge in [-0.2, -0.15) is 4.31 Å². The van der Waals surface area contributed by atoms with Gasteiger partial charge in [-0.05, 0) is 66.9 Å². The lowest BCUT2D eigenvalue weighted by atomic mass is 10.1. The fraction of sp³-hybridized carbons (Fsp3) is 0.200. The van der Waals surface area contributed by atoms with Gasteiger partial charge in [0, 0.05) is 18.7 Å². The predicted molar refractivity (Wildman–Crippen MR) is 133 cm³/mol. The number of sulfonamides is 1. The highest BCUT2D eigenvalue weighted by molar-refractivity contribution is 7.89. The van der Waals surface area contributed by atoms with Gasteiger partial charge in [0.05, 0.1) is 15.1 Å². The van der Waals surface area contributed by atoms with Gasteiger partial charge in [0.15, 0.2) is 5.13 Å². The Morgan fingerprint density at radius 2 is 1.67 bits per heavy atom. The summed E-state index contributed by atoms with van der Waals surface area (Å²) >= 11 is 1.41. The number of nitrogens with zero attached hydrogens (tertiary/aromatic N) is 2. The molecule has 0 aliphatic rings. The summed E-state index contributed by atoms with van der Waals surface area (Å²) in [6.07, 6.45) is 0. The summed E-state index contributed by atoms with van der Waals surface area (Å²) in [6, 6.07) is 19.5. The highest BCUT2D eigenvalue weighted by Gasteiger charge is 2.23. The van der Waals surface area contributed by atoms with Crippen molar-refractivity contribution in [3.05, 3.63) is 89.0 Å². The smallest absolute Gasteiger partial charge is 0.257 e. The standard InChI is InChI=1S/C25H25N3O3S2/c1-4-28(16-19-8-6-5-7-9-19)33(30,31)21-12-10-20(11-13-21)24(29)27-25-26-22-14-17(2)18(3)15-23(22)32-25/h5-15H,4,16H2,1-3H3,(H,26,27,29). The molecule has 0 saturated carbocycles. The molecule has 8 heteroatoms. The molecule has 3 aromatic carbocycles. The van der Waals surface area contributed by atoms with Crippen LogP contribution in [-0.4, -0.2) is 30.2 Å². The Hall–Kier alpha value is -3.07. The van der Waals surface area contributed by atoms with Crippen molar-refractivity contribution in [1.29, 1.82) is 0 Å². The first-order valence-electron chi connectivity index (χ1n) is 10.6. The van der Waals surface area contributed by atoms with Gasteiger partial charge in [-0.1, -0.05) is 48.6 Å². The highest BCUT2D eigenvalue weighted by atomic mass is 32.2.